The molecule has 0 unspecified atom stereocenters. The fraction of sp³-hybridized carbons (Fsp3) is 0.158. The standard InChI is InChI=1S/C19H18FN5O2S/c1-12(13-5-9-16(27-2)10-6-13)22-23-18-21-19(25-24-18)28-11-17(26)14-3-7-15(20)8-4-14/h3-10H,11H2,1-2H3,(H2,21,23,24,25)/b22-12+. The lowest BCUT2D eigenvalue weighted by atomic mass is 10.1. The minimum atomic E-state index is -0.376. The van der Waals surface area contributed by atoms with Crippen LogP contribution in [0.25, 0.3) is 0 Å². The first-order valence-corrected chi connectivity index (χ1v) is 9.32. The smallest absolute Gasteiger partial charge is 0.240 e. The summed E-state index contributed by atoms with van der Waals surface area (Å²) in [6.45, 7) is 1.86. The highest BCUT2D eigenvalue weighted by Crippen LogP contribution is 2.17. The zero-order chi connectivity index (χ0) is 19.9. The van der Waals surface area contributed by atoms with Gasteiger partial charge in [0.2, 0.25) is 11.1 Å². The molecule has 0 bridgehead atoms. The average Bonchev–Trinajstić information content (AvgIpc) is 3.18. The van der Waals surface area contributed by atoms with Crippen molar-refractivity contribution in [2.24, 2.45) is 5.10 Å². The number of Topliss-reactive ketones (excluding diaryl/α,β-unsaturated/α-hetero) is 1. The molecule has 3 rings (SSSR count). The molecule has 0 aliphatic rings. The molecule has 0 aliphatic heterocycles. The van der Waals surface area contributed by atoms with Gasteiger partial charge in [0, 0.05) is 5.56 Å². The first-order valence-electron chi connectivity index (χ1n) is 8.34. The number of ketones is 1. The number of nitrogens with zero attached hydrogens (tertiary/aromatic N) is 3. The zero-order valence-electron chi connectivity index (χ0n) is 15.3. The topological polar surface area (TPSA) is 92.3 Å². The van der Waals surface area contributed by atoms with Crippen LogP contribution in [0.3, 0.4) is 0 Å². The molecule has 0 amide bonds. The number of benzene rings is 2. The van der Waals surface area contributed by atoms with Crippen molar-refractivity contribution in [1.29, 1.82) is 0 Å². The van der Waals surface area contributed by atoms with Crippen LogP contribution in [-0.2, 0) is 0 Å². The van der Waals surface area contributed by atoms with Crippen LogP contribution >= 0.6 is 11.8 Å². The molecule has 1 aromatic heterocycles. The Bertz CT molecular complexity index is 971. The number of aromatic amines is 1. The van der Waals surface area contributed by atoms with Gasteiger partial charge in [0.05, 0.1) is 18.6 Å². The summed E-state index contributed by atoms with van der Waals surface area (Å²) in [5, 5.41) is 11.4. The largest absolute Gasteiger partial charge is 0.497 e. The van der Waals surface area contributed by atoms with E-state index in [-0.39, 0.29) is 17.4 Å². The quantitative estimate of drug-likeness (QED) is 0.259. The van der Waals surface area contributed by atoms with Crippen LogP contribution in [0.4, 0.5) is 10.3 Å². The summed E-state index contributed by atoms with van der Waals surface area (Å²) in [6, 6.07) is 13.0. The van der Waals surface area contributed by atoms with Crippen molar-refractivity contribution in [3.8, 4) is 5.75 Å². The van der Waals surface area contributed by atoms with Gasteiger partial charge in [-0.3, -0.25) is 4.79 Å². The third kappa shape index (κ3) is 5.17. The molecule has 144 valence electrons. The molecule has 3 aromatic rings. The summed E-state index contributed by atoms with van der Waals surface area (Å²) < 4.78 is 18.0. The van der Waals surface area contributed by atoms with Crippen LogP contribution in [0.2, 0.25) is 0 Å². The Morgan fingerprint density at radius 2 is 1.86 bits per heavy atom. The normalized spacial score (nSPS) is 11.3. The lowest BCUT2D eigenvalue weighted by Gasteiger charge is -2.03. The van der Waals surface area contributed by atoms with Crippen LogP contribution in [0, 0.1) is 5.82 Å². The molecule has 0 spiro atoms. The van der Waals surface area contributed by atoms with Gasteiger partial charge >= 0.3 is 0 Å². The zero-order valence-corrected chi connectivity index (χ0v) is 16.1. The molecular formula is C19H18FN5O2S. The van der Waals surface area contributed by atoms with Crippen molar-refractivity contribution in [3.05, 3.63) is 65.5 Å². The fourth-order valence-corrected chi connectivity index (χ4v) is 2.94. The highest BCUT2D eigenvalue weighted by molar-refractivity contribution is 7.99. The third-order valence-corrected chi connectivity index (χ3v) is 4.65. The Hall–Kier alpha value is -3.20. The minimum absolute atomic E-state index is 0.127. The number of rotatable bonds is 8. The van der Waals surface area contributed by atoms with Crippen molar-refractivity contribution in [3.63, 3.8) is 0 Å². The Morgan fingerprint density at radius 1 is 1.18 bits per heavy atom. The predicted molar refractivity (Wildman–Crippen MR) is 107 cm³/mol. The molecule has 28 heavy (non-hydrogen) atoms. The fourth-order valence-electron chi connectivity index (χ4n) is 2.24. The van der Waals surface area contributed by atoms with Gasteiger partial charge in [-0.25, -0.2) is 14.9 Å². The first-order chi connectivity index (χ1) is 13.5. The van der Waals surface area contributed by atoms with Crippen LogP contribution in [0.15, 0.2) is 58.8 Å². The predicted octanol–water partition coefficient (Wildman–Crippen LogP) is 3.76. The molecule has 0 fully saturated rings. The molecule has 0 saturated heterocycles. The van der Waals surface area contributed by atoms with Crippen molar-refractivity contribution in [1.82, 2.24) is 15.2 Å². The molecule has 0 atom stereocenters. The van der Waals surface area contributed by atoms with Crippen molar-refractivity contribution < 1.29 is 13.9 Å². The summed E-state index contributed by atoms with van der Waals surface area (Å²) in [6.07, 6.45) is 0. The molecule has 9 heteroatoms. The van der Waals surface area contributed by atoms with E-state index in [2.05, 4.69) is 25.7 Å². The van der Waals surface area contributed by atoms with Gasteiger partial charge in [0.1, 0.15) is 11.6 Å². The number of aromatic nitrogens is 3. The molecule has 1 heterocycles. The van der Waals surface area contributed by atoms with Crippen LogP contribution < -0.4 is 10.2 Å². The van der Waals surface area contributed by atoms with Gasteiger partial charge in [-0.2, -0.15) is 10.1 Å². The summed E-state index contributed by atoms with van der Waals surface area (Å²) in [5.74, 6) is 0.787. The second kappa shape index (κ2) is 9.14. The number of nitrogens with one attached hydrogen (secondary N) is 2. The van der Waals surface area contributed by atoms with Crippen molar-refractivity contribution in [2.45, 2.75) is 12.1 Å². The molecule has 2 N–H and O–H groups in total. The summed E-state index contributed by atoms with van der Waals surface area (Å²) in [5.41, 5.74) is 4.95. The summed E-state index contributed by atoms with van der Waals surface area (Å²) >= 11 is 1.18. The minimum Gasteiger partial charge on any atom is -0.497 e. The number of hydrogen-bond donors (Lipinski definition) is 2. The Kier molecular flexibility index (Phi) is 6.38. The highest BCUT2D eigenvalue weighted by atomic mass is 32.2. The van der Waals surface area contributed by atoms with Gasteiger partial charge in [0.25, 0.3) is 0 Å². The maximum atomic E-state index is 12.9. The Morgan fingerprint density at radius 3 is 2.54 bits per heavy atom. The maximum Gasteiger partial charge on any atom is 0.240 e. The van der Waals surface area contributed by atoms with Gasteiger partial charge in [0.15, 0.2) is 5.78 Å². The van der Waals surface area contributed by atoms with Gasteiger partial charge in [-0.15, -0.1) is 5.10 Å². The van der Waals surface area contributed by atoms with E-state index in [9.17, 15) is 9.18 Å². The van der Waals surface area contributed by atoms with Gasteiger partial charge < -0.3 is 4.74 Å². The van der Waals surface area contributed by atoms with Gasteiger partial charge in [-0.05, 0) is 61.0 Å². The number of ether oxygens (including phenoxy) is 1. The number of hydrogen-bond acceptors (Lipinski definition) is 7. The van der Waals surface area contributed by atoms with E-state index in [1.165, 1.54) is 36.0 Å². The highest BCUT2D eigenvalue weighted by Gasteiger charge is 2.10. The monoisotopic (exact) mass is 399 g/mol. The summed E-state index contributed by atoms with van der Waals surface area (Å²) in [4.78, 5) is 16.3. The molecule has 0 aliphatic carbocycles. The Labute approximate surface area is 165 Å². The second-order valence-corrected chi connectivity index (χ2v) is 6.67. The molecular weight excluding hydrogens is 381 g/mol. The number of carbonyl (C=O) groups is 1. The third-order valence-electron chi connectivity index (χ3n) is 3.80. The van der Waals surface area contributed by atoms with E-state index >= 15 is 0 Å². The second-order valence-electron chi connectivity index (χ2n) is 5.72. The number of H-pyrrole nitrogens is 1. The van der Waals surface area contributed by atoms with E-state index in [4.69, 9.17) is 4.74 Å². The number of methoxy groups -OCH3 is 1. The Balaban J connectivity index is 1.54. The van der Waals surface area contributed by atoms with Gasteiger partial charge in [-0.1, -0.05) is 11.8 Å². The van der Waals surface area contributed by atoms with Crippen LogP contribution in [-0.4, -0.2) is 39.5 Å². The number of hydrazone groups is 1. The average molecular weight is 399 g/mol. The number of carbonyl (C=O) groups excluding carboxylic acids is 1. The SMILES string of the molecule is COc1ccc(/C(C)=N/Nc2nc(SCC(=O)c3ccc(F)cc3)n[nH]2)cc1. The van der Waals surface area contributed by atoms with E-state index in [1.54, 1.807) is 7.11 Å². The first kappa shape index (κ1) is 19.6. The number of thioether (sulfide) groups is 1. The van der Waals surface area contributed by atoms with E-state index < -0.39 is 0 Å². The lowest BCUT2D eigenvalue weighted by molar-refractivity contribution is 0.102. The molecule has 0 saturated carbocycles. The maximum absolute atomic E-state index is 12.9. The van der Waals surface area contributed by atoms with Crippen molar-refractivity contribution in [2.75, 3.05) is 18.3 Å². The summed E-state index contributed by atoms with van der Waals surface area (Å²) in [7, 11) is 1.62. The van der Waals surface area contributed by atoms with Crippen LogP contribution in [0.5, 0.6) is 5.75 Å². The molecule has 0 radical (unpaired) electrons. The molecule has 2 aromatic carbocycles. The number of anilines is 1. The lowest BCUT2D eigenvalue weighted by Crippen LogP contribution is -2.02. The van der Waals surface area contributed by atoms with Crippen LogP contribution in [0.1, 0.15) is 22.8 Å². The molecule has 7 nitrogen and oxygen atoms in total. The van der Waals surface area contributed by atoms with E-state index in [0.717, 1.165) is 17.0 Å². The number of halogens is 1. The van der Waals surface area contributed by atoms with Crippen molar-refractivity contribution >= 4 is 29.2 Å². The van der Waals surface area contributed by atoms with E-state index in [1.807, 2.05) is 31.2 Å². The van der Waals surface area contributed by atoms with E-state index in [0.29, 0.717) is 16.7 Å².